The molecule has 0 fully saturated rings. The molecular weight excluding hydrogens is 409 g/mol. The van der Waals surface area contributed by atoms with E-state index in [9.17, 15) is 4.79 Å². The third-order valence-electron chi connectivity index (χ3n) is 3.77. The van der Waals surface area contributed by atoms with Crippen LogP contribution in [0, 0.1) is 0 Å². The highest BCUT2D eigenvalue weighted by Crippen LogP contribution is 2.33. The van der Waals surface area contributed by atoms with E-state index in [0.29, 0.717) is 42.8 Å². The number of anilines is 2. The van der Waals surface area contributed by atoms with Gasteiger partial charge in [-0.2, -0.15) is 0 Å². The lowest BCUT2D eigenvalue weighted by atomic mass is 10.2. The zero-order valence-electron chi connectivity index (χ0n) is 13.8. The Hall–Kier alpha value is -2.61. The van der Waals surface area contributed by atoms with Gasteiger partial charge in [-0.05, 0) is 30.3 Å². The first-order chi connectivity index (χ1) is 13.0. The molecule has 27 heavy (non-hydrogen) atoms. The number of para-hydroxylation sites is 1. The summed E-state index contributed by atoms with van der Waals surface area (Å²) in [5.41, 5.74) is 0.839. The first-order valence-corrected chi connectivity index (χ1v) is 9.29. The van der Waals surface area contributed by atoms with Gasteiger partial charge < -0.3 is 14.5 Å². The fraction of sp³-hybridized carbons (Fsp3) is 0.0556. The number of methoxy groups -OCH3 is 1. The van der Waals surface area contributed by atoms with Crippen LogP contribution in [0.4, 0.5) is 10.8 Å². The number of halogens is 2. The maximum absolute atomic E-state index is 12.4. The molecule has 0 aliphatic heterocycles. The minimum atomic E-state index is -0.515. The Morgan fingerprint density at radius 1 is 1.15 bits per heavy atom. The summed E-state index contributed by atoms with van der Waals surface area (Å²) in [6, 6.07) is 12.2. The van der Waals surface area contributed by atoms with Gasteiger partial charge in [0.25, 0.3) is 0 Å². The molecular formula is C18H11Cl2N3O3S. The Morgan fingerprint density at radius 3 is 2.78 bits per heavy atom. The van der Waals surface area contributed by atoms with Gasteiger partial charge in [-0.25, -0.2) is 4.79 Å². The van der Waals surface area contributed by atoms with Crippen LogP contribution in [-0.2, 0) is 0 Å². The Morgan fingerprint density at radius 2 is 2.00 bits per heavy atom. The number of nitrogens with one attached hydrogen (secondary N) is 1. The van der Waals surface area contributed by atoms with Gasteiger partial charge in [0.2, 0.25) is 5.13 Å². The zero-order chi connectivity index (χ0) is 19.0. The van der Waals surface area contributed by atoms with Crippen molar-refractivity contribution in [3.63, 3.8) is 0 Å². The van der Waals surface area contributed by atoms with Crippen molar-refractivity contribution in [2.24, 2.45) is 0 Å². The average Bonchev–Trinajstić information content (AvgIpc) is 3.11. The van der Waals surface area contributed by atoms with Gasteiger partial charge in [0, 0.05) is 10.4 Å². The van der Waals surface area contributed by atoms with Gasteiger partial charge in [0.15, 0.2) is 16.3 Å². The molecule has 1 N–H and O–H groups in total. The third-order valence-corrected chi connectivity index (χ3v) is 5.19. The molecule has 0 unspecified atom stereocenters. The standard InChI is InChI=1S/C18H11Cl2N3O3S/c1-25-14-4-2-3-9-7-11(17(24)26-15(9)14)16-22-23-18(27-16)21-13-6-5-10(19)8-12(13)20/h2-8H,1H3,(H,21,23). The van der Waals surface area contributed by atoms with E-state index in [2.05, 4.69) is 15.5 Å². The first-order valence-electron chi connectivity index (χ1n) is 7.72. The molecule has 0 spiro atoms. The van der Waals surface area contributed by atoms with Gasteiger partial charge in [-0.3, -0.25) is 0 Å². The number of benzene rings is 2. The molecule has 2 aromatic carbocycles. The van der Waals surface area contributed by atoms with Crippen LogP contribution in [0.15, 0.2) is 51.7 Å². The van der Waals surface area contributed by atoms with Crippen molar-refractivity contribution in [3.05, 3.63) is 62.9 Å². The van der Waals surface area contributed by atoms with E-state index >= 15 is 0 Å². The van der Waals surface area contributed by atoms with E-state index in [0.717, 1.165) is 5.39 Å². The fourth-order valence-electron chi connectivity index (χ4n) is 2.52. The van der Waals surface area contributed by atoms with Gasteiger partial charge in [0.1, 0.15) is 0 Å². The molecule has 136 valence electrons. The summed E-state index contributed by atoms with van der Waals surface area (Å²) in [5.74, 6) is 0.494. The number of rotatable bonds is 4. The van der Waals surface area contributed by atoms with Crippen LogP contribution < -0.4 is 15.7 Å². The molecule has 6 nitrogen and oxygen atoms in total. The van der Waals surface area contributed by atoms with Gasteiger partial charge in [0.05, 0.1) is 23.4 Å². The second-order valence-electron chi connectivity index (χ2n) is 5.49. The van der Waals surface area contributed by atoms with Crippen LogP contribution in [-0.4, -0.2) is 17.3 Å². The highest BCUT2D eigenvalue weighted by Gasteiger charge is 2.15. The van der Waals surface area contributed by atoms with Crippen molar-refractivity contribution < 1.29 is 9.15 Å². The van der Waals surface area contributed by atoms with Crippen LogP contribution in [0.1, 0.15) is 0 Å². The van der Waals surface area contributed by atoms with E-state index in [1.165, 1.54) is 18.4 Å². The molecule has 9 heteroatoms. The van der Waals surface area contributed by atoms with Crippen LogP contribution >= 0.6 is 34.5 Å². The fourth-order valence-corrected chi connectivity index (χ4v) is 3.73. The highest BCUT2D eigenvalue weighted by molar-refractivity contribution is 7.18. The van der Waals surface area contributed by atoms with E-state index in [-0.39, 0.29) is 0 Å². The van der Waals surface area contributed by atoms with E-state index < -0.39 is 5.63 Å². The summed E-state index contributed by atoms with van der Waals surface area (Å²) < 4.78 is 10.7. The second-order valence-corrected chi connectivity index (χ2v) is 7.31. The van der Waals surface area contributed by atoms with Crippen molar-refractivity contribution in [3.8, 4) is 16.3 Å². The number of nitrogens with zero attached hydrogens (tertiary/aromatic N) is 2. The Labute approximate surface area is 167 Å². The zero-order valence-corrected chi connectivity index (χ0v) is 16.2. The van der Waals surface area contributed by atoms with Crippen molar-refractivity contribution in [1.29, 1.82) is 0 Å². The minimum absolute atomic E-state index is 0.323. The van der Waals surface area contributed by atoms with Crippen LogP contribution in [0.2, 0.25) is 10.0 Å². The molecule has 0 saturated heterocycles. The Bertz CT molecular complexity index is 1210. The summed E-state index contributed by atoms with van der Waals surface area (Å²) in [6.07, 6.45) is 0. The largest absolute Gasteiger partial charge is 0.493 e. The van der Waals surface area contributed by atoms with E-state index in [1.807, 2.05) is 12.1 Å². The summed E-state index contributed by atoms with van der Waals surface area (Å²) >= 11 is 13.3. The lowest BCUT2D eigenvalue weighted by Crippen LogP contribution is -2.03. The monoisotopic (exact) mass is 419 g/mol. The van der Waals surface area contributed by atoms with Crippen LogP contribution in [0.25, 0.3) is 21.5 Å². The van der Waals surface area contributed by atoms with Crippen LogP contribution in [0.3, 0.4) is 0 Å². The third kappa shape index (κ3) is 3.49. The number of aromatic nitrogens is 2. The second kappa shape index (κ2) is 7.19. The molecule has 0 amide bonds. The van der Waals surface area contributed by atoms with Gasteiger partial charge >= 0.3 is 5.63 Å². The van der Waals surface area contributed by atoms with Crippen molar-refractivity contribution in [1.82, 2.24) is 10.2 Å². The molecule has 0 bridgehead atoms. The smallest absolute Gasteiger partial charge is 0.346 e. The summed E-state index contributed by atoms with van der Waals surface area (Å²) in [5, 5.41) is 13.9. The summed E-state index contributed by atoms with van der Waals surface area (Å²) in [4.78, 5) is 12.4. The summed E-state index contributed by atoms with van der Waals surface area (Å²) in [7, 11) is 1.52. The van der Waals surface area contributed by atoms with Crippen molar-refractivity contribution >= 4 is 56.3 Å². The molecule has 2 aromatic heterocycles. The number of ether oxygens (including phenoxy) is 1. The van der Waals surface area contributed by atoms with Gasteiger partial charge in [-0.1, -0.05) is 46.7 Å². The Kier molecular flexibility index (Phi) is 4.73. The molecule has 0 radical (unpaired) electrons. The van der Waals surface area contributed by atoms with Crippen molar-refractivity contribution in [2.75, 3.05) is 12.4 Å². The van der Waals surface area contributed by atoms with Crippen LogP contribution in [0.5, 0.6) is 5.75 Å². The predicted octanol–water partition coefficient (Wildman–Crippen LogP) is 5.37. The van der Waals surface area contributed by atoms with Crippen molar-refractivity contribution in [2.45, 2.75) is 0 Å². The Balaban J connectivity index is 1.71. The topological polar surface area (TPSA) is 77.3 Å². The highest BCUT2D eigenvalue weighted by atomic mass is 35.5. The molecule has 0 saturated carbocycles. The molecule has 0 atom stereocenters. The maximum atomic E-state index is 12.4. The lowest BCUT2D eigenvalue weighted by molar-refractivity contribution is 0.407. The van der Waals surface area contributed by atoms with Gasteiger partial charge in [-0.15, -0.1) is 10.2 Å². The summed E-state index contributed by atoms with van der Waals surface area (Å²) in [6.45, 7) is 0. The number of fused-ring (bicyclic) bond motifs is 1. The molecule has 4 rings (SSSR count). The molecule has 0 aliphatic rings. The van der Waals surface area contributed by atoms with E-state index in [1.54, 1.807) is 30.3 Å². The molecule has 2 heterocycles. The minimum Gasteiger partial charge on any atom is -0.493 e. The SMILES string of the molecule is COc1cccc2cc(-c3nnc(Nc4ccc(Cl)cc4Cl)s3)c(=O)oc12. The first kappa shape index (κ1) is 17.8. The number of hydrogen-bond donors (Lipinski definition) is 1. The predicted molar refractivity (Wildman–Crippen MR) is 108 cm³/mol. The maximum Gasteiger partial charge on any atom is 0.346 e. The normalized spacial score (nSPS) is 10.9. The average molecular weight is 420 g/mol. The molecule has 0 aliphatic carbocycles. The van der Waals surface area contributed by atoms with E-state index in [4.69, 9.17) is 32.4 Å². The lowest BCUT2D eigenvalue weighted by Gasteiger charge is -2.05. The molecule has 4 aromatic rings. The number of hydrogen-bond acceptors (Lipinski definition) is 7. The quantitative estimate of drug-likeness (QED) is 0.448.